The van der Waals surface area contributed by atoms with Crippen molar-refractivity contribution in [3.63, 3.8) is 0 Å². The number of aromatic nitrogens is 4. The van der Waals surface area contributed by atoms with Crippen molar-refractivity contribution in [2.75, 3.05) is 6.61 Å². The minimum atomic E-state index is -0.478. The summed E-state index contributed by atoms with van der Waals surface area (Å²) in [6.45, 7) is 7.73. The van der Waals surface area contributed by atoms with Crippen LogP contribution in [0.15, 0.2) is 36.7 Å². The third-order valence-corrected chi connectivity index (χ3v) is 4.81. The van der Waals surface area contributed by atoms with Gasteiger partial charge in [0, 0.05) is 29.5 Å². The van der Waals surface area contributed by atoms with Gasteiger partial charge >= 0.3 is 5.97 Å². The van der Waals surface area contributed by atoms with E-state index in [1.54, 1.807) is 9.42 Å². The number of rotatable bonds is 7. The molecular weight excluding hydrogens is 370 g/mol. The zero-order valence-electron chi connectivity index (χ0n) is 17.1. The number of carbonyl (C=O) groups is 2. The lowest BCUT2D eigenvalue weighted by Crippen LogP contribution is -2.39. The molecule has 2 aromatic heterocycles. The molecule has 8 heteroatoms. The topological polar surface area (TPSA) is 89.7 Å². The number of carbonyl (C=O) groups excluding carboxylic acids is 2. The Morgan fingerprint density at radius 2 is 1.90 bits per heavy atom. The Balaban J connectivity index is 1.63. The summed E-state index contributed by atoms with van der Waals surface area (Å²) < 4.78 is 6.86. The van der Waals surface area contributed by atoms with Crippen LogP contribution in [0.4, 0.5) is 0 Å². The van der Waals surface area contributed by atoms with Gasteiger partial charge in [-0.25, -0.2) is 9.50 Å². The third-order valence-electron chi connectivity index (χ3n) is 4.81. The number of esters is 1. The van der Waals surface area contributed by atoms with Gasteiger partial charge in [0.2, 0.25) is 0 Å². The van der Waals surface area contributed by atoms with Gasteiger partial charge in [0.1, 0.15) is 6.33 Å². The van der Waals surface area contributed by atoms with Crippen LogP contribution in [-0.4, -0.2) is 49.0 Å². The number of aryl methyl sites for hydroxylation is 2. The van der Waals surface area contributed by atoms with Crippen LogP contribution in [-0.2, 0) is 27.3 Å². The maximum Gasteiger partial charge on any atom is 0.310 e. The smallest absolute Gasteiger partial charge is 0.310 e. The fourth-order valence-electron chi connectivity index (χ4n) is 3.17. The van der Waals surface area contributed by atoms with Gasteiger partial charge in [0.25, 0.3) is 11.7 Å². The summed E-state index contributed by atoms with van der Waals surface area (Å²) >= 11 is 0. The Kier molecular flexibility index (Phi) is 6.21. The second kappa shape index (κ2) is 8.81. The monoisotopic (exact) mass is 395 g/mol. The fourth-order valence-corrected chi connectivity index (χ4v) is 3.17. The average Bonchev–Trinajstić information content (AvgIpc) is 3.16. The second-order valence-electron chi connectivity index (χ2n) is 7.17. The molecule has 152 valence electrons. The Hall–Kier alpha value is -3.29. The molecule has 0 aliphatic rings. The van der Waals surface area contributed by atoms with Gasteiger partial charge in [-0.1, -0.05) is 30.3 Å². The molecule has 0 aliphatic carbocycles. The number of nitrogens with zero attached hydrogens (tertiary/aromatic N) is 5. The lowest BCUT2D eigenvalue weighted by molar-refractivity contribution is -0.152. The summed E-state index contributed by atoms with van der Waals surface area (Å²) in [5.41, 5.74) is 3.23. The van der Waals surface area contributed by atoms with Crippen LogP contribution >= 0.6 is 0 Å². The molecule has 1 amide bonds. The third kappa shape index (κ3) is 4.77. The minimum absolute atomic E-state index is 0.00943. The van der Waals surface area contributed by atoms with E-state index in [0.29, 0.717) is 18.0 Å². The predicted octanol–water partition coefficient (Wildman–Crippen LogP) is 2.26. The maximum atomic E-state index is 12.6. The molecule has 0 spiro atoms. The van der Waals surface area contributed by atoms with E-state index in [2.05, 4.69) is 15.1 Å². The Morgan fingerprint density at radius 3 is 2.59 bits per heavy atom. The Labute approximate surface area is 169 Å². The highest BCUT2D eigenvalue weighted by Crippen LogP contribution is 2.14. The highest BCUT2D eigenvalue weighted by molar-refractivity contribution is 5.81. The molecule has 1 aromatic carbocycles. The molecule has 0 unspecified atom stereocenters. The lowest BCUT2D eigenvalue weighted by atomic mass is 10.1. The summed E-state index contributed by atoms with van der Waals surface area (Å²) in [5, 5.41) is 4.11. The molecule has 0 atom stereocenters. The van der Waals surface area contributed by atoms with Crippen molar-refractivity contribution in [2.45, 2.75) is 46.7 Å². The Bertz CT molecular complexity index is 1010. The Morgan fingerprint density at radius 1 is 1.17 bits per heavy atom. The van der Waals surface area contributed by atoms with Crippen LogP contribution in [0.3, 0.4) is 0 Å². The van der Waals surface area contributed by atoms with Crippen LogP contribution < -0.4 is 0 Å². The summed E-state index contributed by atoms with van der Waals surface area (Å²) in [6.07, 6.45) is 1.44. The first-order valence-electron chi connectivity index (χ1n) is 9.51. The summed E-state index contributed by atoms with van der Waals surface area (Å²) in [6, 6.07) is 9.72. The number of hydrogen-bond donors (Lipinski definition) is 0. The van der Waals surface area contributed by atoms with Gasteiger partial charge in [0.05, 0.1) is 6.42 Å². The van der Waals surface area contributed by atoms with E-state index in [1.807, 2.05) is 58.0 Å². The molecule has 3 aromatic rings. The molecule has 2 heterocycles. The molecular formula is C21H25N5O3. The van der Waals surface area contributed by atoms with Crippen LogP contribution in [0.25, 0.3) is 5.78 Å². The van der Waals surface area contributed by atoms with Crippen LogP contribution in [0, 0.1) is 13.8 Å². The number of ether oxygens (including phenoxy) is 1. The predicted molar refractivity (Wildman–Crippen MR) is 107 cm³/mol. The van der Waals surface area contributed by atoms with Crippen molar-refractivity contribution in [3.8, 4) is 0 Å². The van der Waals surface area contributed by atoms with E-state index in [0.717, 1.165) is 16.8 Å². The standard InChI is InChI=1S/C21H25N5O3/c1-14(2)25(11-17-8-6-5-7-9-17)19(27)12-29-20(28)10-18-15(3)24-21-22-13-23-26(21)16(18)4/h5-9,13-14H,10-12H2,1-4H3. The summed E-state index contributed by atoms with van der Waals surface area (Å²) in [5.74, 6) is -0.217. The van der Waals surface area contributed by atoms with E-state index in [4.69, 9.17) is 4.74 Å². The van der Waals surface area contributed by atoms with E-state index in [1.165, 1.54) is 6.33 Å². The zero-order valence-corrected chi connectivity index (χ0v) is 17.1. The SMILES string of the molecule is Cc1nc2ncnn2c(C)c1CC(=O)OCC(=O)N(Cc1ccccc1)C(C)C. The number of fused-ring (bicyclic) bond motifs is 1. The van der Waals surface area contributed by atoms with E-state index in [-0.39, 0.29) is 25.0 Å². The van der Waals surface area contributed by atoms with Gasteiger partial charge in [-0.15, -0.1) is 0 Å². The average molecular weight is 395 g/mol. The molecule has 0 saturated heterocycles. The van der Waals surface area contributed by atoms with Crippen molar-refractivity contribution >= 4 is 17.7 Å². The first-order chi connectivity index (χ1) is 13.9. The van der Waals surface area contributed by atoms with Crippen molar-refractivity contribution < 1.29 is 14.3 Å². The van der Waals surface area contributed by atoms with Crippen LogP contribution in [0.1, 0.15) is 36.4 Å². The van der Waals surface area contributed by atoms with Crippen molar-refractivity contribution in [1.82, 2.24) is 24.5 Å². The molecule has 0 N–H and O–H groups in total. The summed E-state index contributed by atoms with van der Waals surface area (Å²) in [4.78, 5) is 35.1. The van der Waals surface area contributed by atoms with Crippen molar-refractivity contribution in [3.05, 3.63) is 59.2 Å². The van der Waals surface area contributed by atoms with Gasteiger partial charge < -0.3 is 9.64 Å². The van der Waals surface area contributed by atoms with Gasteiger partial charge in [0.15, 0.2) is 6.61 Å². The molecule has 8 nitrogen and oxygen atoms in total. The highest BCUT2D eigenvalue weighted by Gasteiger charge is 2.20. The first-order valence-corrected chi connectivity index (χ1v) is 9.51. The molecule has 0 fully saturated rings. The van der Waals surface area contributed by atoms with Crippen LogP contribution in [0.2, 0.25) is 0 Å². The first kappa shape index (κ1) is 20.4. The van der Waals surface area contributed by atoms with Crippen molar-refractivity contribution in [2.24, 2.45) is 0 Å². The molecule has 0 aliphatic heterocycles. The maximum absolute atomic E-state index is 12.6. The normalized spacial score (nSPS) is 11.1. The van der Waals surface area contributed by atoms with Gasteiger partial charge in [-0.2, -0.15) is 10.1 Å². The molecule has 0 radical (unpaired) electrons. The molecule has 29 heavy (non-hydrogen) atoms. The lowest BCUT2D eigenvalue weighted by Gasteiger charge is -2.26. The van der Waals surface area contributed by atoms with E-state index in [9.17, 15) is 9.59 Å². The van der Waals surface area contributed by atoms with E-state index < -0.39 is 5.97 Å². The number of amides is 1. The van der Waals surface area contributed by atoms with E-state index >= 15 is 0 Å². The van der Waals surface area contributed by atoms with Crippen LogP contribution in [0.5, 0.6) is 0 Å². The summed E-state index contributed by atoms with van der Waals surface area (Å²) in [7, 11) is 0. The molecule has 0 saturated carbocycles. The molecule has 3 rings (SSSR count). The minimum Gasteiger partial charge on any atom is -0.455 e. The molecule has 0 bridgehead atoms. The second-order valence-corrected chi connectivity index (χ2v) is 7.17. The van der Waals surface area contributed by atoms with Crippen molar-refractivity contribution in [1.29, 1.82) is 0 Å². The number of hydrogen-bond acceptors (Lipinski definition) is 6. The fraction of sp³-hybridized carbons (Fsp3) is 0.381. The number of benzene rings is 1. The largest absolute Gasteiger partial charge is 0.455 e. The quantitative estimate of drug-likeness (QED) is 0.570. The van der Waals surface area contributed by atoms with Gasteiger partial charge in [-0.3, -0.25) is 9.59 Å². The van der Waals surface area contributed by atoms with Gasteiger partial charge in [-0.05, 0) is 33.3 Å². The highest BCUT2D eigenvalue weighted by atomic mass is 16.5. The zero-order chi connectivity index (χ0) is 21.0.